The van der Waals surface area contributed by atoms with Crippen LogP contribution in [0.3, 0.4) is 0 Å². The van der Waals surface area contributed by atoms with Crippen molar-refractivity contribution in [2.45, 2.75) is 20.4 Å². The molecule has 1 aromatic carbocycles. The summed E-state index contributed by atoms with van der Waals surface area (Å²) in [6.45, 7) is 4.06. The van der Waals surface area contributed by atoms with Crippen LogP contribution in [-0.2, 0) is 6.54 Å². The van der Waals surface area contributed by atoms with Crippen molar-refractivity contribution in [3.05, 3.63) is 64.7 Å². The largest absolute Gasteiger partial charge is 0.497 e. The van der Waals surface area contributed by atoms with Crippen molar-refractivity contribution >= 4 is 17.2 Å². The quantitative estimate of drug-likeness (QED) is 0.523. The van der Waals surface area contributed by atoms with Gasteiger partial charge in [-0.3, -0.25) is 4.79 Å². The Morgan fingerprint density at radius 1 is 1.24 bits per heavy atom. The van der Waals surface area contributed by atoms with E-state index in [1.54, 1.807) is 24.1 Å². The second-order valence-electron chi connectivity index (χ2n) is 6.33. The van der Waals surface area contributed by atoms with Crippen molar-refractivity contribution in [3.8, 4) is 22.1 Å². The van der Waals surface area contributed by atoms with E-state index in [2.05, 4.69) is 20.6 Å². The van der Waals surface area contributed by atoms with Crippen molar-refractivity contribution in [2.24, 2.45) is 0 Å². The van der Waals surface area contributed by atoms with Gasteiger partial charge in [-0.1, -0.05) is 5.21 Å². The molecule has 0 fully saturated rings. The van der Waals surface area contributed by atoms with Crippen LogP contribution in [0, 0.1) is 13.8 Å². The van der Waals surface area contributed by atoms with Crippen LogP contribution < -0.4 is 10.1 Å². The number of hydrogen-bond donors (Lipinski definition) is 1. The lowest BCUT2D eigenvalue weighted by molar-refractivity contribution is 0.0951. The first-order valence-corrected chi connectivity index (χ1v) is 9.73. The van der Waals surface area contributed by atoms with Crippen LogP contribution >= 0.6 is 11.3 Å². The number of nitrogens with zero attached hydrogens (tertiary/aromatic N) is 4. The second kappa shape index (κ2) is 7.88. The van der Waals surface area contributed by atoms with Gasteiger partial charge in [0, 0.05) is 0 Å². The maximum atomic E-state index is 12.5. The fraction of sp³-hybridized carbons (Fsp3) is 0.200. The number of thiazole rings is 1. The van der Waals surface area contributed by atoms with Crippen LogP contribution in [0.4, 0.5) is 0 Å². The zero-order chi connectivity index (χ0) is 20.4. The number of carbonyl (C=O) groups excluding carboxylic acids is 1. The maximum absolute atomic E-state index is 12.5. The number of furan rings is 1. The molecule has 0 atom stereocenters. The standard InChI is InChI=1S/C20H19N5O3S/c1-12-18(19(26)21-11-16-5-4-10-28-16)29-20(22-12)17-13(2)25(24-23-17)14-6-8-15(27-3)9-7-14/h4-10H,11H2,1-3H3,(H,21,26). The molecule has 0 radical (unpaired) electrons. The van der Waals surface area contributed by atoms with Gasteiger partial charge in [-0.2, -0.15) is 0 Å². The molecule has 0 aliphatic heterocycles. The molecule has 1 N–H and O–H groups in total. The highest BCUT2D eigenvalue weighted by Crippen LogP contribution is 2.29. The van der Waals surface area contributed by atoms with E-state index in [0.29, 0.717) is 33.6 Å². The normalized spacial score (nSPS) is 10.9. The molecule has 1 amide bonds. The Balaban J connectivity index is 1.57. The number of hydrogen-bond acceptors (Lipinski definition) is 7. The van der Waals surface area contributed by atoms with E-state index >= 15 is 0 Å². The maximum Gasteiger partial charge on any atom is 0.263 e. The molecule has 0 unspecified atom stereocenters. The number of amides is 1. The van der Waals surface area contributed by atoms with E-state index in [1.165, 1.54) is 11.3 Å². The number of aryl methyl sites for hydroxylation is 1. The first-order valence-electron chi connectivity index (χ1n) is 8.92. The first-order chi connectivity index (χ1) is 14.1. The molecule has 3 aromatic heterocycles. The van der Waals surface area contributed by atoms with Gasteiger partial charge in [-0.05, 0) is 50.2 Å². The molecule has 0 bridgehead atoms. The molecule has 29 heavy (non-hydrogen) atoms. The second-order valence-corrected chi connectivity index (χ2v) is 7.33. The molecule has 9 heteroatoms. The van der Waals surface area contributed by atoms with Crippen molar-refractivity contribution in [1.29, 1.82) is 0 Å². The minimum atomic E-state index is -0.192. The van der Waals surface area contributed by atoms with Crippen molar-refractivity contribution in [2.75, 3.05) is 7.11 Å². The average molecular weight is 409 g/mol. The number of ether oxygens (including phenoxy) is 1. The summed E-state index contributed by atoms with van der Waals surface area (Å²) in [7, 11) is 1.63. The van der Waals surface area contributed by atoms with Crippen LogP contribution in [0.5, 0.6) is 5.75 Å². The summed E-state index contributed by atoms with van der Waals surface area (Å²) in [5.74, 6) is 1.27. The number of aromatic nitrogens is 4. The third-order valence-corrected chi connectivity index (χ3v) is 5.58. The minimum absolute atomic E-state index is 0.192. The lowest BCUT2D eigenvalue weighted by Gasteiger charge is -2.04. The topological polar surface area (TPSA) is 95.1 Å². The molecule has 0 aliphatic carbocycles. The average Bonchev–Trinajstić information content (AvgIpc) is 3.46. The van der Waals surface area contributed by atoms with Gasteiger partial charge >= 0.3 is 0 Å². The molecule has 3 heterocycles. The van der Waals surface area contributed by atoms with Crippen LogP contribution in [0.15, 0.2) is 47.1 Å². The van der Waals surface area contributed by atoms with E-state index in [4.69, 9.17) is 9.15 Å². The Labute approximate surface area is 171 Å². The van der Waals surface area contributed by atoms with Gasteiger partial charge in [0.1, 0.15) is 27.1 Å². The monoisotopic (exact) mass is 409 g/mol. The Hall–Kier alpha value is -3.46. The minimum Gasteiger partial charge on any atom is -0.497 e. The summed E-state index contributed by atoms with van der Waals surface area (Å²) in [6, 6.07) is 11.1. The van der Waals surface area contributed by atoms with Gasteiger partial charge in [-0.25, -0.2) is 9.67 Å². The predicted octanol–water partition coefficient (Wildman–Crippen LogP) is 3.54. The molecule has 8 nitrogen and oxygen atoms in total. The zero-order valence-electron chi connectivity index (χ0n) is 16.2. The highest BCUT2D eigenvalue weighted by atomic mass is 32.1. The molecule has 0 spiro atoms. The van der Waals surface area contributed by atoms with Gasteiger partial charge in [0.25, 0.3) is 5.91 Å². The van der Waals surface area contributed by atoms with Crippen molar-refractivity contribution in [3.63, 3.8) is 0 Å². The third kappa shape index (κ3) is 3.77. The van der Waals surface area contributed by atoms with Gasteiger partial charge in [0.2, 0.25) is 0 Å². The molecule has 148 valence electrons. The molecular weight excluding hydrogens is 390 g/mol. The summed E-state index contributed by atoms with van der Waals surface area (Å²) >= 11 is 1.30. The van der Waals surface area contributed by atoms with Crippen LogP contribution in [0.25, 0.3) is 16.4 Å². The van der Waals surface area contributed by atoms with Gasteiger partial charge in [0.05, 0.1) is 37.0 Å². The number of carbonyl (C=O) groups is 1. The van der Waals surface area contributed by atoms with Gasteiger partial charge in [0.15, 0.2) is 0 Å². The summed E-state index contributed by atoms with van der Waals surface area (Å²) in [6.07, 6.45) is 1.58. The molecule has 4 rings (SSSR count). The summed E-state index contributed by atoms with van der Waals surface area (Å²) in [4.78, 5) is 17.6. The van der Waals surface area contributed by atoms with E-state index in [9.17, 15) is 4.79 Å². The molecule has 0 saturated heterocycles. The van der Waals surface area contributed by atoms with E-state index < -0.39 is 0 Å². The fourth-order valence-electron chi connectivity index (χ4n) is 2.86. The highest BCUT2D eigenvalue weighted by Gasteiger charge is 2.20. The Morgan fingerprint density at radius 3 is 2.72 bits per heavy atom. The van der Waals surface area contributed by atoms with Crippen molar-refractivity contribution < 1.29 is 13.9 Å². The Bertz CT molecular complexity index is 1130. The summed E-state index contributed by atoms with van der Waals surface area (Å²) in [5, 5.41) is 12.0. The van der Waals surface area contributed by atoms with Crippen molar-refractivity contribution in [1.82, 2.24) is 25.3 Å². The smallest absolute Gasteiger partial charge is 0.263 e. The number of benzene rings is 1. The number of rotatable bonds is 6. The van der Waals surface area contributed by atoms with E-state index in [1.807, 2.05) is 44.2 Å². The Morgan fingerprint density at radius 2 is 2.03 bits per heavy atom. The number of methoxy groups -OCH3 is 1. The third-order valence-electron chi connectivity index (χ3n) is 4.42. The fourth-order valence-corrected chi connectivity index (χ4v) is 3.88. The van der Waals surface area contributed by atoms with E-state index in [0.717, 1.165) is 17.1 Å². The van der Waals surface area contributed by atoms with Gasteiger partial charge in [-0.15, -0.1) is 16.4 Å². The molecular formula is C20H19N5O3S. The summed E-state index contributed by atoms with van der Waals surface area (Å²) < 4.78 is 12.2. The summed E-state index contributed by atoms with van der Waals surface area (Å²) in [5.41, 5.74) is 3.01. The lowest BCUT2D eigenvalue weighted by atomic mass is 10.3. The number of nitrogens with one attached hydrogen (secondary N) is 1. The first kappa shape index (κ1) is 18.9. The van der Waals surface area contributed by atoms with E-state index in [-0.39, 0.29) is 5.91 Å². The zero-order valence-corrected chi connectivity index (χ0v) is 17.0. The molecule has 0 saturated carbocycles. The van der Waals surface area contributed by atoms with Crippen LogP contribution in [0.1, 0.15) is 26.8 Å². The lowest BCUT2D eigenvalue weighted by Crippen LogP contribution is -2.22. The molecule has 4 aromatic rings. The SMILES string of the molecule is COc1ccc(-n2nnc(-c3nc(C)c(C(=O)NCc4ccco4)s3)c2C)cc1. The van der Waals surface area contributed by atoms with Gasteiger partial charge < -0.3 is 14.5 Å². The van der Waals surface area contributed by atoms with Crippen LogP contribution in [0.2, 0.25) is 0 Å². The Kier molecular flexibility index (Phi) is 5.13. The van der Waals surface area contributed by atoms with Crippen LogP contribution in [-0.4, -0.2) is 33.0 Å². The molecule has 0 aliphatic rings. The predicted molar refractivity (Wildman–Crippen MR) is 108 cm³/mol. The highest BCUT2D eigenvalue weighted by molar-refractivity contribution is 7.17.